The van der Waals surface area contributed by atoms with Crippen LogP contribution in [0.25, 0.3) is 0 Å². The summed E-state index contributed by atoms with van der Waals surface area (Å²) in [6.07, 6.45) is 1.36. The highest BCUT2D eigenvalue weighted by Gasteiger charge is 2.12. The second-order valence-corrected chi connectivity index (χ2v) is 5.28. The summed E-state index contributed by atoms with van der Waals surface area (Å²) >= 11 is 3.12. The van der Waals surface area contributed by atoms with Crippen LogP contribution in [0.5, 0.6) is 0 Å². The van der Waals surface area contributed by atoms with Crippen LogP contribution in [0.15, 0.2) is 15.5 Å². The molecule has 1 aromatic rings. The minimum absolute atomic E-state index is 0.0128. The first-order valence-electron chi connectivity index (χ1n) is 6.20. The summed E-state index contributed by atoms with van der Waals surface area (Å²) in [4.78, 5) is 34.6. The van der Waals surface area contributed by atoms with Gasteiger partial charge in [-0.1, -0.05) is 0 Å². The van der Waals surface area contributed by atoms with E-state index in [1.54, 1.807) is 0 Å². The average molecular weight is 361 g/mol. The average Bonchev–Trinajstić information content (AvgIpc) is 2.42. The van der Waals surface area contributed by atoms with Crippen LogP contribution in [-0.2, 0) is 20.9 Å². The van der Waals surface area contributed by atoms with Crippen molar-refractivity contribution in [1.29, 1.82) is 0 Å². The van der Waals surface area contributed by atoms with E-state index in [0.29, 0.717) is 5.69 Å². The Morgan fingerprint density at radius 3 is 2.71 bits per heavy atom. The zero-order chi connectivity index (χ0) is 16.0. The molecule has 0 aliphatic carbocycles. The fourth-order valence-corrected chi connectivity index (χ4v) is 1.88. The van der Waals surface area contributed by atoms with Gasteiger partial charge in [0.1, 0.15) is 11.0 Å². The number of anilines is 1. The van der Waals surface area contributed by atoms with E-state index in [1.807, 2.05) is 13.8 Å². The van der Waals surface area contributed by atoms with E-state index in [1.165, 1.54) is 13.3 Å². The normalized spacial score (nSPS) is 10.3. The lowest BCUT2D eigenvalue weighted by Gasteiger charge is -2.11. The van der Waals surface area contributed by atoms with Gasteiger partial charge in [0, 0.05) is 6.04 Å². The highest BCUT2D eigenvalue weighted by Crippen LogP contribution is 2.15. The van der Waals surface area contributed by atoms with Crippen molar-refractivity contribution in [3.63, 3.8) is 0 Å². The number of halogens is 1. The van der Waals surface area contributed by atoms with Crippen molar-refractivity contribution >= 4 is 33.5 Å². The predicted octanol–water partition coefficient (Wildman–Crippen LogP) is 0.115. The maximum atomic E-state index is 12.0. The number of hydrogen-bond acceptors (Lipinski definition) is 6. The van der Waals surface area contributed by atoms with Crippen molar-refractivity contribution in [2.24, 2.45) is 0 Å². The number of carbonyl (C=O) groups excluding carboxylic acids is 2. The molecule has 1 heterocycles. The summed E-state index contributed by atoms with van der Waals surface area (Å²) in [5, 5.41) is 9.36. The molecule has 1 rings (SSSR count). The van der Waals surface area contributed by atoms with Crippen LogP contribution in [0.4, 0.5) is 5.69 Å². The second kappa shape index (κ2) is 7.77. The summed E-state index contributed by atoms with van der Waals surface area (Å²) in [7, 11) is 1.23. The van der Waals surface area contributed by atoms with Crippen molar-refractivity contribution in [2.45, 2.75) is 26.4 Å². The van der Waals surface area contributed by atoms with Gasteiger partial charge in [-0.05, 0) is 29.8 Å². The Bertz CT molecular complexity index is 585. The highest BCUT2D eigenvalue weighted by molar-refractivity contribution is 9.10. The van der Waals surface area contributed by atoms with Gasteiger partial charge in [0.05, 0.1) is 25.5 Å². The number of amides is 1. The first kappa shape index (κ1) is 17.2. The minimum Gasteiger partial charge on any atom is -0.468 e. The number of rotatable bonds is 6. The van der Waals surface area contributed by atoms with E-state index in [2.05, 4.69) is 36.4 Å². The smallest absolute Gasteiger partial charge is 0.327 e. The first-order valence-corrected chi connectivity index (χ1v) is 7.00. The van der Waals surface area contributed by atoms with Gasteiger partial charge in [0.15, 0.2) is 0 Å². The molecule has 116 valence electrons. The van der Waals surface area contributed by atoms with Gasteiger partial charge in [0.2, 0.25) is 5.91 Å². The van der Waals surface area contributed by atoms with Crippen molar-refractivity contribution in [3.8, 4) is 0 Å². The lowest BCUT2D eigenvalue weighted by Crippen LogP contribution is -2.35. The number of nitrogens with zero attached hydrogens (tertiary/aromatic N) is 2. The SMILES string of the molecule is COC(=O)Cn1ncc(NCC(=O)NC(C)C)c(Br)c1=O. The number of carbonyl (C=O) groups is 2. The number of aromatic nitrogens is 2. The Morgan fingerprint density at radius 1 is 1.48 bits per heavy atom. The Kier molecular flexibility index (Phi) is 6.35. The van der Waals surface area contributed by atoms with E-state index in [4.69, 9.17) is 0 Å². The van der Waals surface area contributed by atoms with E-state index in [0.717, 1.165) is 4.68 Å². The van der Waals surface area contributed by atoms with E-state index in [-0.39, 0.29) is 29.5 Å². The summed E-state index contributed by atoms with van der Waals surface area (Å²) in [5.41, 5.74) is -0.116. The molecule has 0 bridgehead atoms. The molecule has 0 fully saturated rings. The minimum atomic E-state index is -0.575. The zero-order valence-corrected chi connectivity index (χ0v) is 13.6. The fourth-order valence-electron chi connectivity index (χ4n) is 1.44. The number of nitrogens with one attached hydrogen (secondary N) is 2. The van der Waals surface area contributed by atoms with Gasteiger partial charge in [-0.15, -0.1) is 0 Å². The van der Waals surface area contributed by atoms with E-state index in [9.17, 15) is 14.4 Å². The molecule has 0 saturated heterocycles. The molecule has 0 unspecified atom stereocenters. The number of methoxy groups -OCH3 is 1. The van der Waals surface area contributed by atoms with Gasteiger partial charge in [-0.2, -0.15) is 5.10 Å². The van der Waals surface area contributed by atoms with Crippen LogP contribution in [0.3, 0.4) is 0 Å². The van der Waals surface area contributed by atoms with Gasteiger partial charge >= 0.3 is 5.97 Å². The summed E-state index contributed by atoms with van der Waals surface area (Å²) in [5.74, 6) is -0.774. The van der Waals surface area contributed by atoms with Gasteiger partial charge in [-0.3, -0.25) is 14.4 Å². The third-order valence-corrected chi connectivity index (χ3v) is 3.15. The molecule has 0 radical (unpaired) electrons. The molecule has 0 aromatic carbocycles. The monoisotopic (exact) mass is 360 g/mol. The van der Waals surface area contributed by atoms with Gasteiger partial charge < -0.3 is 15.4 Å². The molecule has 1 aromatic heterocycles. The van der Waals surface area contributed by atoms with Crippen molar-refractivity contribution in [1.82, 2.24) is 15.1 Å². The quantitative estimate of drug-likeness (QED) is 0.698. The Labute approximate surface area is 130 Å². The molecule has 0 aliphatic rings. The first-order chi connectivity index (χ1) is 9.85. The highest BCUT2D eigenvalue weighted by atomic mass is 79.9. The number of esters is 1. The number of ether oxygens (including phenoxy) is 1. The lowest BCUT2D eigenvalue weighted by molar-refractivity contribution is -0.141. The maximum absolute atomic E-state index is 12.0. The van der Waals surface area contributed by atoms with E-state index < -0.39 is 11.5 Å². The zero-order valence-electron chi connectivity index (χ0n) is 12.0. The fraction of sp³-hybridized carbons (Fsp3) is 0.500. The summed E-state index contributed by atoms with van der Waals surface area (Å²) < 4.78 is 5.63. The molecule has 2 N–H and O–H groups in total. The second-order valence-electron chi connectivity index (χ2n) is 4.49. The van der Waals surface area contributed by atoms with Crippen LogP contribution in [-0.4, -0.2) is 41.4 Å². The third-order valence-electron chi connectivity index (χ3n) is 2.38. The third kappa shape index (κ3) is 5.18. The number of hydrogen-bond donors (Lipinski definition) is 2. The summed E-state index contributed by atoms with van der Waals surface area (Å²) in [6.45, 7) is 3.44. The van der Waals surface area contributed by atoms with Crippen molar-refractivity contribution in [2.75, 3.05) is 19.0 Å². The van der Waals surface area contributed by atoms with Crippen LogP contribution in [0.1, 0.15) is 13.8 Å². The van der Waals surface area contributed by atoms with Gasteiger partial charge in [0.25, 0.3) is 5.56 Å². The molecule has 0 aliphatic heterocycles. The molecule has 1 amide bonds. The maximum Gasteiger partial charge on any atom is 0.327 e. The van der Waals surface area contributed by atoms with Gasteiger partial charge in [-0.25, -0.2) is 4.68 Å². The molecule has 21 heavy (non-hydrogen) atoms. The van der Waals surface area contributed by atoms with Crippen molar-refractivity contribution < 1.29 is 14.3 Å². The lowest BCUT2D eigenvalue weighted by atomic mass is 10.4. The van der Waals surface area contributed by atoms with Crippen LogP contribution < -0.4 is 16.2 Å². The molecule has 0 atom stereocenters. The molecule has 8 nitrogen and oxygen atoms in total. The standard InChI is InChI=1S/C12H17BrN4O4/c1-7(2)16-9(18)5-14-8-4-15-17(6-10(19)21-3)12(20)11(8)13/h4,7,14H,5-6H2,1-3H3,(H,16,18). The van der Waals surface area contributed by atoms with E-state index >= 15 is 0 Å². The van der Waals surface area contributed by atoms with Crippen LogP contribution in [0, 0.1) is 0 Å². The van der Waals surface area contributed by atoms with Crippen molar-refractivity contribution in [3.05, 3.63) is 21.0 Å². The van der Waals surface area contributed by atoms with Crippen LogP contribution >= 0.6 is 15.9 Å². The molecular formula is C12H17BrN4O4. The Hall–Kier alpha value is -1.90. The molecular weight excluding hydrogens is 344 g/mol. The largest absolute Gasteiger partial charge is 0.468 e. The van der Waals surface area contributed by atoms with Crippen LogP contribution in [0.2, 0.25) is 0 Å². The predicted molar refractivity (Wildman–Crippen MR) is 80.0 cm³/mol. The Balaban J connectivity index is 2.78. The molecule has 0 spiro atoms. The summed E-state index contributed by atoms with van der Waals surface area (Å²) in [6, 6.07) is 0.0360. The Morgan fingerprint density at radius 2 is 2.14 bits per heavy atom. The topological polar surface area (TPSA) is 102 Å². The molecule has 0 saturated carbocycles. The molecule has 9 heteroatoms.